The molecule has 1 N–H and O–H groups in total. The average molecular weight is 253 g/mol. The van der Waals surface area contributed by atoms with Crippen LogP contribution in [0, 0.1) is 5.92 Å². The third-order valence-electron chi connectivity index (χ3n) is 3.59. The Morgan fingerprint density at radius 1 is 1.50 bits per heavy atom. The van der Waals surface area contributed by atoms with Gasteiger partial charge in [-0.05, 0) is 39.2 Å². The van der Waals surface area contributed by atoms with Crippen LogP contribution < -0.4 is 0 Å². The molecule has 0 spiro atoms. The molecule has 1 atom stereocenters. The van der Waals surface area contributed by atoms with Gasteiger partial charge < -0.3 is 14.5 Å². The summed E-state index contributed by atoms with van der Waals surface area (Å²) in [5, 5.41) is 12.8. The fourth-order valence-corrected chi connectivity index (χ4v) is 2.56. The predicted molar refractivity (Wildman–Crippen MR) is 68.2 cm³/mol. The van der Waals surface area contributed by atoms with E-state index in [0.717, 1.165) is 18.8 Å². The maximum Gasteiger partial charge on any atom is 0.228 e. The fraction of sp³-hybridized carbons (Fsp3) is 0.846. The summed E-state index contributed by atoms with van der Waals surface area (Å²) in [4.78, 5) is 6.82. The molecular formula is C13H23N3O2. The van der Waals surface area contributed by atoms with E-state index in [1.807, 2.05) is 0 Å². The Kier molecular flexibility index (Phi) is 4.72. The molecule has 0 saturated carbocycles. The van der Waals surface area contributed by atoms with Gasteiger partial charge in [-0.1, -0.05) is 5.16 Å². The molecule has 0 bridgehead atoms. The SMILES string of the molecule is CC(C)N1CCCC(Cc2noc(CCO)n2)C1. The van der Waals surface area contributed by atoms with Gasteiger partial charge >= 0.3 is 0 Å². The zero-order valence-electron chi connectivity index (χ0n) is 11.3. The van der Waals surface area contributed by atoms with Crippen molar-refractivity contribution in [3.05, 3.63) is 11.7 Å². The Morgan fingerprint density at radius 3 is 3.06 bits per heavy atom. The Balaban J connectivity index is 1.87. The lowest BCUT2D eigenvalue weighted by atomic mass is 9.94. The van der Waals surface area contributed by atoms with E-state index < -0.39 is 0 Å². The third kappa shape index (κ3) is 3.53. The van der Waals surface area contributed by atoms with E-state index in [2.05, 4.69) is 28.9 Å². The summed E-state index contributed by atoms with van der Waals surface area (Å²) in [6, 6.07) is 0.614. The van der Waals surface area contributed by atoms with Gasteiger partial charge in [-0.3, -0.25) is 0 Å². The second-order valence-corrected chi connectivity index (χ2v) is 5.38. The fourth-order valence-electron chi connectivity index (χ4n) is 2.56. The van der Waals surface area contributed by atoms with Crippen LogP contribution in [0.25, 0.3) is 0 Å². The van der Waals surface area contributed by atoms with Crippen molar-refractivity contribution in [2.24, 2.45) is 5.92 Å². The molecule has 18 heavy (non-hydrogen) atoms. The van der Waals surface area contributed by atoms with Gasteiger partial charge in [0.15, 0.2) is 5.82 Å². The van der Waals surface area contributed by atoms with E-state index in [4.69, 9.17) is 9.63 Å². The number of aliphatic hydroxyl groups is 1. The molecule has 0 aromatic carbocycles. The van der Waals surface area contributed by atoms with E-state index in [1.54, 1.807) is 0 Å². The second-order valence-electron chi connectivity index (χ2n) is 5.38. The minimum atomic E-state index is 0.0617. The number of nitrogens with zero attached hydrogens (tertiary/aromatic N) is 3. The molecule has 1 aliphatic rings. The van der Waals surface area contributed by atoms with E-state index in [1.165, 1.54) is 19.4 Å². The molecule has 1 aromatic heterocycles. The molecule has 2 heterocycles. The summed E-state index contributed by atoms with van der Waals surface area (Å²) in [6.07, 6.45) is 3.84. The third-order valence-corrected chi connectivity index (χ3v) is 3.59. The predicted octanol–water partition coefficient (Wildman–Crippen LogP) is 1.27. The number of aromatic nitrogens is 2. The highest BCUT2D eigenvalue weighted by Gasteiger charge is 2.23. The molecule has 2 rings (SSSR count). The lowest BCUT2D eigenvalue weighted by Crippen LogP contribution is -2.40. The molecule has 102 valence electrons. The van der Waals surface area contributed by atoms with E-state index in [9.17, 15) is 0 Å². The van der Waals surface area contributed by atoms with Gasteiger partial charge in [0.2, 0.25) is 5.89 Å². The highest BCUT2D eigenvalue weighted by atomic mass is 16.5. The van der Waals surface area contributed by atoms with Crippen molar-refractivity contribution in [3.8, 4) is 0 Å². The molecular weight excluding hydrogens is 230 g/mol. The molecule has 1 fully saturated rings. The van der Waals surface area contributed by atoms with Crippen molar-refractivity contribution in [1.29, 1.82) is 0 Å². The van der Waals surface area contributed by atoms with Crippen molar-refractivity contribution in [3.63, 3.8) is 0 Å². The van der Waals surface area contributed by atoms with Crippen LogP contribution in [0.5, 0.6) is 0 Å². The number of likely N-dealkylation sites (tertiary alicyclic amines) is 1. The first-order valence-corrected chi connectivity index (χ1v) is 6.85. The van der Waals surface area contributed by atoms with Crippen LogP contribution in [0.4, 0.5) is 0 Å². The number of hydrogen-bond donors (Lipinski definition) is 1. The second kappa shape index (κ2) is 6.29. The number of aliphatic hydroxyl groups excluding tert-OH is 1. The first kappa shape index (κ1) is 13.5. The number of rotatable bonds is 5. The normalized spacial score (nSPS) is 21.7. The standard InChI is InChI=1S/C13H23N3O2/c1-10(2)16-6-3-4-11(9-16)8-12-14-13(5-7-17)18-15-12/h10-11,17H,3-9H2,1-2H3. The van der Waals surface area contributed by atoms with Crippen molar-refractivity contribution in [2.75, 3.05) is 19.7 Å². The van der Waals surface area contributed by atoms with Gasteiger partial charge in [-0.15, -0.1) is 0 Å². The monoisotopic (exact) mass is 253 g/mol. The molecule has 5 nitrogen and oxygen atoms in total. The van der Waals surface area contributed by atoms with Crippen molar-refractivity contribution in [2.45, 2.75) is 45.6 Å². The number of hydrogen-bond acceptors (Lipinski definition) is 5. The Morgan fingerprint density at radius 2 is 2.33 bits per heavy atom. The van der Waals surface area contributed by atoms with Gasteiger partial charge in [-0.2, -0.15) is 4.98 Å². The van der Waals surface area contributed by atoms with Crippen LogP contribution in [0.3, 0.4) is 0 Å². The van der Waals surface area contributed by atoms with E-state index >= 15 is 0 Å². The summed E-state index contributed by atoms with van der Waals surface area (Å²) in [7, 11) is 0. The van der Waals surface area contributed by atoms with Gasteiger partial charge in [0, 0.05) is 19.0 Å². The van der Waals surface area contributed by atoms with Crippen molar-refractivity contribution >= 4 is 0 Å². The molecule has 1 unspecified atom stereocenters. The molecule has 0 amide bonds. The first-order chi connectivity index (χ1) is 8.69. The molecule has 1 aliphatic heterocycles. The summed E-state index contributed by atoms with van der Waals surface area (Å²) in [6.45, 7) is 6.88. The Bertz CT molecular complexity index is 365. The van der Waals surface area contributed by atoms with Crippen LogP contribution in [-0.2, 0) is 12.8 Å². The van der Waals surface area contributed by atoms with Crippen LogP contribution in [0.2, 0.25) is 0 Å². The van der Waals surface area contributed by atoms with Gasteiger partial charge in [-0.25, -0.2) is 0 Å². The van der Waals surface area contributed by atoms with E-state index in [-0.39, 0.29) is 6.61 Å². The lowest BCUT2D eigenvalue weighted by Gasteiger charge is -2.35. The van der Waals surface area contributed by atoms with Gasteiger partial charge in [0.25, 0.3) is 0 Å². The smallest absolute Gasteiger partial charge is 0.228 e. The Hall–Kier alpha value is -0.940. The van der Waals surface area contributed by atoms with Crippen LogP contribution in [-0.4, -0.2) is 45.9 Å². The number of piperidine rings is 1. The molecule has 1 saturated heterocycles. The van der Waals surface area contributed by atoms with E-state index in [0.29, 0.717) is 24.3 Å². The topological polar surface area (TPSA) is 62.4 Å². The van der Waals surface area contributed by atoms with Crippen molar-refractivity contribution < 1.29 is 9.63 Å². The largest absolute Gasteiger partial charge is 0.396 e. The van der Waals surface area contributed by atoms with Gasteiger partial charge in [0.05, 0.1) is 13.0 Å². The lowest BCUT2D eigenvalue weighted by molar-refractivity contribution is 0.138. The summed E-state index contributed by atoms with van der Waals surface area (Å²) in [5.41, 5.74) is 0. The molecule has 0 aliphatic carbocycles. The quantitative estimate of drug-likeness (QED) is 0.856. The molecule has 0 radical (unpaired) electrons. The van der Waals surface area contributed by atoms with Crippen LogP contribution >= 0.6 is 0 Å². The maximum atomic E-state index is 8.81. The highest BCUT2D eigenvalue weighted by molar-refractivity contribution is 4.90. The minimum absolute atomic E-state index is 0.0617. The Labute approximate surface area is 108 Å². The summed E-state index contributed by atoms with van der Waals surface area (Å²) < 4.78 is 5.09. The summed E-state index contributed by atoms with van der Waals surface area (Å²) in [5.74, 6) is 1.96. The zero-order chi connectivity index (χ0) is 13.0. The van der Waals surface area contributed by atoms with Crippen LogP contribution in [0.1, 0.15) is 38.4 Å². The van der Waals surface area contributed by atoms with Crippen molar-refractivity contribution in [1.82, 2.24) is 15.0 Å². The minimum Gasteiger partial charge on any atom is -0.396 e. The average Bonchev–Trinajstić information content (AvgIpc) is 2.77. The first-order valence-electron chi connectivity index (χ1n) is 6.85. The van der Waals surface area contributed by atoms with Gasteiger partial charge in [0.1, 0.15) is 0 Å². The maximum absolute atomic E-state index is 8.81. The molecule has 1 aromatic rings. The highest BCUT2D eigenvalue weighted by Crippen LogP contribution is 2.21. The van der Waals surface area contributed by atoms with Crippen LogP contribution in [0.15, 0.2) is 4.52 Å². The molecule has 5 heteroatoms. The zero-order valence-corrected chi connectivity index (χ0v) is 11.3. The summed E-state index contributed by atoms with van der Waals surface area (Å²) >= 11 is 0.